The monoisotopic (exact) mass is 235 g/mol. The summed E-state index contributed by atoms with van der Waals surface area (Å²) in [6.45, 7) is 5.54. The van der Waals surface area contributed by atoms with Gasteiger partial charge in [-0.1, -0.05) is 38.3 Å². The molecular weight excluding hydrogens is 210 g/mol. The Hall–Kier alpha value is -1.02. The summed E-state index contributed by atoms with van der Waals surface area (Å²) >= 11 is 0. The summed E-state index contributed by atoms with van der Waals surface area (Å²) in [6, 6.07) is 8.67. The first-order valence-corrected chi connectivity index (χ1v) is 6.65. The fourth-order valence-corrected chi connectivity index (χ4v) is 1.90. The maximum atomic E-state index is 5.23. The molecule has 1 N–H and O–H groups in total. The van der Waals surface area contributed by atoms with Gasteiger partial charge in [-0.3, -0.25) is 0 Å². The lowest BCUT2D eigenvalue weighted by Gasteiger charge is -2.15. The van der Waals surface area contributed by atoms with Crippen molar-refractivity contribution < 1.29 is 4.74 Å². The zero-order valence-corrected chi connectivity index (χ0v) is 11.3. The third kappa shape index (κ3) is 5.22. The van der Waals surface area contributed by atoms with Crippen LogP contribution in [0, 0.1) is 0 Å². The van der Waals surface area contributed by atoms with E-state index in [1.807, 2.05) is 12.1 Å². The number of unbranched alkanes of at least 4 members (excludes halogenated alkanes) is 3. The number of ether oxygens (including phenoxy) is 1. The third-order valence-corrected chi connectivity index (χ3v) is 3.07. The van der Waals surface area contributed by atoms with Crippen molar-refractivity contribution in [3.05, 3.63) is 29.8 Å². The van der Waals surface area contributed by atoms with E-state index in [1.54, 1.807) is 7.11 Å². The molecule has 0 amide bonds. The zero-order chi connectivity index (χ0) is 12.5. The van der Waals surface area contributed by atoms with Crippen LogP contribution in [0.5, 0.6) is 5.75 Å². The Labute approximate surface area is 105 Å². The van der Waals surface area contributed by atoms with E-state index in [0.29, 0.717) is 6.04 Å². The molecule has 0 bridgehead atoms. The van der Waals surface area contributed by atoms with Gasteiger partial charge in [0.25, 0.3) is 0 Å². The van der Waals surface area contributed by atoms with Crippen molar-refractivity contribution in [2.75, 3.05) is 13.7 Å². The first-order chi connectivity index (χ1) is 8.27. The molecule has 0 radical (unpaired) electrons. The minimum atomic E-state index is 0.395. The predicted octanol–water partition coefficient (Wildman–Crippen LogP) is 3.93. The summed E-state index contributed by atoms with van der Waals surface area (Å²) in [5.74, 6) is 0.933. The Morgan fingerprint density at radius 2 is 2.06 bits per heavy atom. The molecule has 0 aromatic heterocycles. The number of hydrogen-bond acceptors (Lipinski definition) is 2. The SMILES string of the molecule is CCCCCCN[C@H](C)c1cccc(OC)c1. The molecule has 1 aromatic carbocycles. The fraction of sp³-hybridized carbons (Fsp3) is 0.600. The van der Waals surface area contributed by atoms with Crippen LogP contribution in [0.3, 0.4) is 0 Å². The molecule has 0 saturated carbocycles. The summed E-state index contributed by atoms with van der Waals surface area (Å²) < 4.78 is 5.23. The second-order valence-electron chi connectivity index (χ2n) is 4.51. The van der Waals surface area contributed by atoms with E-state index in [2.05, 4.69) is 31.3 Å². The summed E-state index contributed by atoms with van der Waals surface area (Å²) in [6.07, 6.45) is 5.23. The highest BCUT2D eigenvalue weighted by Gasteiger charge is 2.04. The number of hydrogen-bond donors (Lipinski definition) is 1. The average molecular weight is 235 g/mol. The molecule has 0 aliphatic heterocycles. The van der Waals surface area contributed by atoms with Crippen molar-refractivity contribution in [3.8, 4) is 5.75 Å². The lowest BCUT2D eigenvalue weighted by molar-refractivity contribution is 0.413. The highest BCUT2D eigenvalue weighted by molar-refractivity contribution is 5.30. The van der Waals surface area contributed by atoms with Gasteiger partial charge in [-0.15, -0.1) is 0 Å². The van der Waals surface area contributed by atoms with Crippen LogP contribution in [-0.4, -0.2) is 13.7 Å². The van der Waals surface area contributed by atoms with Crippen LogP contribution in [0.4, 0.5) is 0 Å². The van der Waals surface area contributed by atoms with E-state index in [0.717, 1.165) is 12.3 Å². The van der Waals surface area contributed by atoms with Crippen LogP contribution in [0.2, 0.25) is 0 Å². The molecule has 0 unspecified atom stereocenters. The molecule has 0 saturated heterocycles. The van der Waals surface area contributed by atoms with Gasteiger partial charge >= 0.3 is 0 Å². The second kappa shape index (κ2) is 8.13. The van der Waals surface area contributed by atoms with Crippen LogP contribution < -0.4 is 10.1 Å². The van der Waals surface area contributed by atoms with Gasteiger partial charge in [0, 0.05) is 6.04 Å². The van der Waals surface area contributed by atoms with E-state index >= 15 is 0 Å². The number of benzene rings is 1. The predicted molar refractivity (Wildman–Crippen MR) is 73.6 cm³/mol. The molecule has 1 aromatic rings. The quantitative estimate of drug-likeness (QED) is 0.689. The molecule has 0 heterocycles. The summed E-state index contributed by atoms with van der Waals surface area (Å²) in [5, 5.41) is 3.55. The van der Waals surface area contributed by atoms with Crippen molar-refractivity contribution in [1.29, 1.82) is 0 Å². The van der Waals surface area contributed by atoms with Gasteiger partial charge in [0.1, 0.15) is 5.75 Å². The Bertz CT molecular complexity index is 312. The second-order valence-corrected chi connectivity index (χ2v) is 4.51. The van der Waals surface area contributed by atoms with Gasteiger partial charge in [0.15, 0.2) is 0 Å². The van der Waals surface area contributed by atoms with Gasteiger partial charge in [-0.25, -0.2) is 0 Å². The van der Waals surface area contributed by atoms with E-state index in [4.69, 9.17) is 4.74 Å². The Balaban J connectivity index is 2.33. The topological polar surface area (TPSA) is 21.3 Å². The fourth-order valence-electron chi connectivity index (χ4n) is 1.90. The molecule has 2 heteroatoms. The van der Waals surface area contributed by atoms with Gasteiger partial charge < -0.3 is 10.1 Å². The first-order valence-electron chi connectivity index (χ1n) is 6.65. The molecule has 0 aliphatic carbocycles. The summed E-state index contributed by atoms with van der Waals surface area (Å²) in [7, 11) is 1.71. The van der Waals surface area contributed by atoms with Crippen molar-refractivity contribution in [2.24, 2.45) is 0 Å². The smallest absolute Gasteiger partial charge is 0.119 e. The summed E-state index contributed by atoms with van der Waals surface area (Å²) in [5.41, 5.74) is 1.29. The lowest BCUT2D eigenvalue weighted by atomic mass is 10.1. The number of rotatable bonds is 8. The van der Waals surface area contributed by atoms with E-state index in [-0.39, 0.29) is 0 Å². The maximum Gasteiger partial charge on any atom is 0.119 e. The van der Waals surface area contributed by atoms with Crippen molar-refractivity contribution >= 4 is 0 Å². The van der Waals surface area contributed by atoms with Crippen molar-refractivity contribution in [1.82, 2.24) is 5.32 Å². The zero-order valence-electron chi connectivity index (χ0n) is 11.3. The molecule has 96 valence electrons. The maximum absolute atomic E-state index is 5.23. The highest BCUT2D eigenvalue weighted by atomic mass is 16.5. The van der Waals surface area contributed by atoms with Gasteiger partial charge in [0.2, 0.25) is 0 Å². The standard InChI is InChI=1S/C15H25NO/c1-4-5-6-7-11-16-13(2)14-9-8-10-15(12-14)17-3/h8-10,12-13,16H,4-7,11H2,1-3H3/t13-/m1/s1. The third-order valence-electron chi connectivity index (χ3n) is 3.07. The first kappa shape index (κ1) is 14.0. The molecule has 1 rings (SSSR count). The molecule has 0 aliphatic rings. The van der Waals surface area contributed by atoms with Crippen LogP contribution >= 0.6 is 0 Å². The minimum Gasteiger partial charge on any atom is -0.497 e. The minimum absolute atomic E-state index is 0.395. The molecule has 1 atom stereocenters. The van der Waals surface area contributed by atoms with Crippen LogP contribution in [0.25, 0.3) is 0 Å². The largest absolute Gasteiger partial charge is 0.497 e. The molecule has 17 heavy (non-hydrogen) atoms. The molecular formula is C15H25NO. The highest BCUT2D eigenvalue weighted by Crippen LogP contribution is 2.18. The number of methoxy groups -OCH3 is 1. The molecule has 2 nitrogen and oxygen atoms in total. The van der Waals surface area contributed by atoms with Gasteiger partial charge in [-0.2, -0.15) is 0 Å². The normalized spacial score (nSPS) is 12.4. The lowest BCUT2D eigenvalue weighted by Crippen LogP contribution is -2.19. The van der Waals surface area contributed by atoms with Crippen molar-refractivity contribution in [2.45, 2.75) is 45.6 Å². The van der Waals surface area contributed by atoms with E-state index < -0.39 is 0 Å². The Kier molecular flexibility index (Phi) is 6.71. The molecule has 0 spiro atoms. The van der Waals surface area contributed by atoms with Gasteiger partial charge in [-0.05, 0) is 37.6 Å². The van der Waals surface area contributed by atoms with Gasteiger partial charge in [0.05, 0.1) is 7.11 Å². The van der Waals surface area contributed by atoms with E-state index in [9.17, 15) is 0 Å². The number of nitrogens with one attached hydrogen (secondary N) is 1. The van der Waals surface area contributed by atoms with Crippen LogP contribution in [-0.2, 0) is 0 Å². The van der Waals surface area contributed by atoms with E-state index in [1.165, 1.54) is 31.2 Å². The average Bonchev–Trinajstić information content (AvgIpc) is 2.38. The summed E-state index contributed by atoms with van der Waals surface area (Å²) in [4.78, 5) is 0. The van der Waals surface area contributed by atoms with Crippen LogP contribution in [0.1, 0.15) is 51.1 Å². The Morgan fingerprint density at radius 3 is 2.76 bits per heavy atom. The van der Waals surface area contributed by atoms with Crippen LogP contribution in [0.15, 0.2) is 24.3 Å². The Morgan fingerprint density at radius 1 is 1.24 bits per heavy atom. The van der Waals surface area contributed by atoms with Crippen molar-refractivity contribution in [3.63, 3.8) is 0 Å². The molecule has 0 fully saturated rings.